The number of fused-ring (bicyclic) bond motifs is 1. The average molecular weight is 244 g/mol. The first-order chi connectivity index (χ1) is 7.84. The summed E-state index contributed by atoms with van der Waals surface area (Å²) in [4.78, 5) is 8.67. The van der Waals surface area contributed by atoms with Gasteiger partial charge < -0.3 is 0 Å². The van der Waals surface area contributed by atoms with Crippen LogP contribution in [0.2, 0.25) is 18.1 Å². The molecule has 17 heavy (non-hydrogen) atoms. The highest BCUT2D eigenvalue weighted by molar-refractivity contribution is 6.93. The van der Waals surface area contributed by atoms with Crippen LogP contribution in [0, 0.1) is 0 Å². The molecule has 0 radical (unpaired) electrons. The monoisotopic (exact) mass is 244 g/mol. The molecule has 2 rings (SSSR count). The van der Waals surface area contributed by atoms with Gasteiger partial charge in [-0.25, -0.2) is 0 Å². The molecule has 0 fully saturated rings. The van der Waals surface area contributed by atoms with E-state index in [1.807, 2.05) is 24.7 Å². The maximum atomic E-state index is 4.42. The highest BCUT2D eigenvalue weighted by atomic mass is 28.3. The minimum atomic E-state index is -1.53. The summed E-state index contributed by atoms with van der Waals surface area (Å²) in [5.74, 6) is 0. The van der Waals surface area contributed by atoms with E-state index in [1.54, 1.807) is 0 Å². The first-order valence-corrected chi connectivity index (χ1v) is 9.03. The highest BCUT2D eigenvalue weighted by Crippen LogP contribution is 2.36. The van der Waals surface area contributed by atoms with Crippen molar-refractivity contribution in [1.29, 1.82) is 0 Å². The fourth-order valence-corrected chi connectivity index (χ4v) is 4.10. The van der Waals surface area contributed by atoms with Gasteiger partial charge in [0, 0.05) is 24.0 Å². The number of rotatable bonds is 1. The van der Waals surface area contributed by atoms with E-state index < -0.39 is 8.07 Å². The molecule has 0 aliphatic heterocycles. The molecule has 0 N–H and O–H groups in total. The summed E-state index contributed by atoms with van der Waals surface area (Å²) >= 11 is 0. The van der Waals surface area contributed by atoms with E-state index in [1.165, 1.54) is 10.6 Å². The summed E-state index contributed by atoms with van der Waals surface area (Å²) in [6.07, 6.45) is 5.70. The molecule has 0 atom stereocenters. The fraction of sp³-hybridized carbons (Fsp3) is 0.429. The van der Waals surface area contributed by atoms with Gasteiger partial charge in [-0.05, 0) is 22.4 Å². The lowest BCUT2D eigenvalue weighted by atomic mass is 10.2. The lowest BCUT2D eigenvalue weighted by molar-refractivity contribution is 0.730. The number of hydrogen-bond donors (Lipinski definition) is 0. The lowest BCUT2D eigenvalue weighted by Crippen LogP contribution is -2.49. The van der Waals surface area contributed by atoms with Crippen LogP contribution in [0.4, 0.5) is 0 Å². The van der Waals surface area contributed by atoms with Crippen LogP contribution in [0.3, 0.4) is 0 Å². The van der Waals surface area contributed by atoms with Crippen molar-refractivity contribution in [3.05, 3.63) is 30.7 Å². The van der Waals surface area contributed by atoms with E-state index in [0.29, 0.717) is 5.04 Å². The van der Waals surface area contributed by atoms with Crippen LogP contribution < -0.4 is 5.19 Å². The van der Waals surface area contributed by atoms with Crippen molar-refractivity contribution < 1.29 is 0 Å². The SMILES string of the molecule is CC(C)(C)[Si](C)(C)c1ccnc2ccncc12. The first kappa shape index (κ1) is 12.2. The Morgan fingerprint density at radius 2 is 1.76 bits per heavy atom. The summed E-state index contributed by atoms with van der Waals surface area (Å²) in [6.45, 7) is 11.9. The van der Waals surface area contributed by atoms with Crippen molar-refractivity contribution in [1.82, 2.24) is 9.97 Å². The average Bonchev–Trinajstić information content (AvgIpc) is 2.26. The van der Waals surface area contributed by atoms with Gasteiger partial charge in [0.15, 0.2) is 0 Å². The van der Waals surface area contributed by atoms with E-state index in [2.05, 4.69) is 49.9 Å². The van der Waals surface area contributed by atoms with Gasteiger partial charge in [0.25, 0.3) is 0 Å². The third-order valence-electron chi connectivity index (χ3n) is 4.09. The molecule has 2 nitrogen and oxygen atoms in total. The maximum Gasteiger partial charge on any atom is 0.0869 e. The van der Waals surface area contributed by atoms with Gasteiger partial charge in [0.05, 0.1) is 13.6 Å². The summed E-state index contributed by atoms with van der Waals surface area (Å²) < 4.78 is 0. The second kappa shape index (κ2) is 3.91. The van der Waals surface area contributed by atoms with E-state index in [9.17, 15) is 0 Å². The molecule has 0 saturated carbocycles. The summed E-state index contributed by atoms with van der Waals surface area (Å²) in [5, 5.41) is 3.02. The second-order valence-electron chi connectivity index (χ2n) is 6.13. The Morgan fingerprint density at radius 3 is 2.41 bits per heavy atom. The van der Waals surface area contributed by atoms with Gasteiger partial charge in [0.2, 0.25) is 0 Å². The number of nitrogens with zero attached hydrogens (tertiary/aromatic N) is 2. The van der Waals surface area contributed by atoms with Crippen LogP contribution in [0.1, 0.15) is 20.8 Å². The molecule has 0 aliphatic carbocycles. The zero-order valence-electron chi connectivity index (χ0n) is 11.3. The van der Waals surface area contributed by atoms with Crippen LogP contribution >= 0.6 is 0 Å². The Kier molecular flexibility index (Phi) is 2.82. The fourth-order valence-electron chi connectivity index (χ4n) is 1.94. The second-order valence-corrected chi connectivity index (χ2v) is 11.4. The molecule has 2 aromatic rings. The Labute approximate surface area is 104 Å². The van der Waals surface area contributed by atoms with Crippen LogP contribution in [-0.2, 0) is 0 Å². The molecule has 90 valence electrons. The molecular formula is C14H20N2Si. The van der Waals surface area contributed by atoms with E-state index >= 15 is 0 Å². The lowest BCUT2D eigenvalue weighted by Gasteiger charge is -2.37. The van der Waals surface area contributed by atoms with Crippen molar-refractivity contribution in [3.8, 4) is 0 Å². The Hall–Kier alpha value is -1.22. The Morgan fingerprint density at radius 1 is 1.06 bits per heavy atom. The van der Waals surface area contributed by atoms with Crippen molar-refractivity contribution in [2.24, 2.45) is 0 Å². The Bertz CT molecular complexity index is 536. The van der Waals surface area contributed by atoms with Crippen molar-refractivity contribution in [2.75, 3.05) is 0 Å². The van der Waals surface area contributed by atoms with Gasteiger partial charge >= 0.3 is 0 Å². The summed E-state index contributed by atoms with van der Waals surface area (Å²) in [6, 6.07) is 4.17. The minimum Gasteiger partial charge on any atom is -0.264 e. The highest BCUT2D eigenvalue weighted by Gasteiger charge is 2.37. The van der Waals surface area contributed by atoms with E-state index in [4.69, 9.17) is 0 Å². The normalized spacial score (nSPS) is 13.0. The molecule has 2 heterocycles. The van der Waals surface area contributed by atoms with Gasteiger partial charge in [-0.15, -0.1) is 0 Å². The quantitative estimate of drug-likeness (QED) is 0.719. The van der Waals surface area contributed by atoms with Gasteiger partial charge in [-0.3, -0.25) is 9.97 Å². The summed E-state index contributed by atoms with van der Waals surface area (Å²) in [5.41, 5.74) is 1.06. The van der Waals surface area contributed by atoms with Gasteiger partial charge in [-0.1, -0.05) is 33.9 Å². The van der Waals surface area contributed by atoms with Crippen molar-refractivity contribution >= 4 is 24.2 Å². The van der Waals surface area contributed by atoms with Gasteiger partial charge in [0.1, 0.15) is 0 Å². The smallest absolute Gasteiger partial charge is 0.0869 e. The third-order valence-corrected chi connectivity index (χ3v) is 9.62. The van der Waals surface area contributed by atoms with Crippen LogP contribution in [0.25, 0.3) is 10.9 Å². The summed E-state index contributed by atoms with van der Waals surface area (Å²) in [7, 11) is -1.53. The molecule has 0 amide bonds. The molecule has 0 saturated heterocycles. The third kappa shape index (κ3) is 1.99. The van der Waals surface area contributed by atoms with Crippen LogP contribution in [0.5, 0.6) is 0 Å². The van der Waals surface area contributed by atoms with Crippen LogP contribution in [-0.4, -0.2) is 18.0 Å². The predicted molar refractivity (Wildman–Crippen MR) is 76.4 cm³/mol. The number of hydrogen-bond acceptors (Lipinski definition) is 2. The Balaban J connectivity index is 2.72. The predicted octanol–water partition coefficient (Wildman–Crippen LogP) is 3.35. The molecule has 0 spiro atoms. The number of aromatic nitrogens is 2. The van der Waals surface area contributed by atoms with Crippen molar-refractivity contribution in [2.45, 2.75) is 38.9 Å². The molecule has 0 bridgehead atoms. The standard InChI is InChI=1S/C14H20N2Si/c1-14(2,3)17(4,5)13-7-9-16-12-6-8-15-10-11(12)13/h6-10H,1-5H3. The molecular weight excluding hydrogens is 224 g/mol. The molecule has 0 aromatic carbocycles. The van der Waals surface area contributed by atoms with E-state index in [-0.39, 0.29) is 0 Å². The topological polar surface area (TPSA) is 25.8 Å². The molecule has 0 unspecified atom stereocenters. The van der Waals surface area contributed by atoms with Gasteiger partial charge in [-0.2, -0.15) is 0 Å². The molecule has 3 heteroatoms. The van der Waals surface area contributed by atoms with Crippen molar-refractivity contribution in [3.63, 3.8) is 0 Å². The molecule has 2 aromatic heterocycles. The zero-order chi connectivity index (χ0) is 12.7. The largest absolute Gasteiger partial charge is 0.264 e. The number of pyridine rings is 2. The van der Waals surface area contributed by atoms with Crippen LogP contribution in [0.15, 0.2) is 30.7 Å². The zero-order valence-corrected chi connectivity index (χ0v) is 12.3. The van der Waals surface area contributed by atoms with E-state index in [0.717, 1.165) is 5.52 Å². The maximum absolute atomic E-state index is 4.42. The minimum absolute atomic E-state index is 0.330. The molecule has 0 aliphatic rings. The first-order valence-electron chi connectivity index (χ1n) is 6.03.